The second-order valence-electron chi connectivity index (χ2n) is 5.13. The molecule has 1 aliphatic carbocycles. The van der Waals surface area contributed by atoms with E-state index in [-0.39, 0.29) is 0 Å². The van der Waals surface area contributed by atoms with Crippen LogP contribution >= 0.6 is 0 Å². The number of aromatic nitrogens is 1. The van der Waals surface area contributed by atoms with Gasteiger partial charge in [0, 0.05) is 31.5 Å². The molecule has 2 atom stereocenters. The van der Waals surface area contributed by atoms with E-state index in [4.69, 9.17) is 0 Å². The van der Waals surface area contributed by atoms with Gasteiger partial charge < -0.3 is 9.88 Å². The van der Waals surface area contributed by atoms with E-state index in [1.807, 2.05) is 0 Å². The summed E-state index contributed by atoms with van der Waals surface area (Å²) in [5.74, 6) is 0.958. The van der Waals surface area contributed by atoms with Crippen LogP contribution in [0.15, 0.2) is 18.3 Å². The van der Waals surface area contributed by atoms with Gasteiger partial charge in [-0.2, -0.15) is 0 Å². The molecule has 1 saturated carbocycles. The van der Waals surface area contributed by atoms with Crippen LogP contribution in [-0.2, 0) is 13.6 Å². The standard InChI is InChI=1S/C14H24N2/c1-3-12-6-4-7-13(10-12)15-11-14-8-5-9-16(14)2/h5,8-9,12-13,15H,3-4,6-7,10-11H2,1-2H3. The summed E-state index contributed by atoms with van der Waals surface area (Å²) >= 11 is 0. The molecular weight excluding hydrogens is 196 g/mol. The van der Waals surface area contributed by atoms with Gasteiger partial charge in [0.1, 0.15) is 0 Å². The van der Waals surface area contributed by atoms with Crippen molar-refractivity contribution < 1.29 is 0 Å². The van der Waals surface area contributed by atoms with E-state index in [1.54, 1.807) is 0 Å². The van der Waals surface area contributed by atoms with Gasteiger partial charge in [-0.1, -0.05) is 26.2 Å². The smallest absolute Gasteiger partial charge is 0.0361 e. The molecule has 2 unspecified atom stereocenters. The summed E-state index contributed by atoms with van der Waals surface area (Å²) in [5.41, 5.74) is 1.39. The third-order valence-corrected chi connectivity index (χ3v) is 3.98. The third-order valence-electron chi connectivity index (χ3n) is 3.98. The van der Waals surface area contributed by atoms with E-state index in [2.05, 4.69) is 42.2 Å². The molecule has 0 aliphatic heterocycles. The number of hydrogen-bond donors (Lipinski definition) is 1. The lowest BCUT2D eigenvalue weighted by Gasteiger charge is -2.29. The van der Waals surface area contributed by atoms with Crippen LogP contribution in [0.1, 0.15) is 44.7 Å². The fourth-order valence-corrected chi connectivity index (χ4v) is 2.78. The van der Waals surface area contributed by atoms with E-state index < -0.39 is 0 Å². The zero-order chi connectivity index (χ0) is 11.4. The van der Waals surface area contributed by atoms with E-state index in [0.29, 0.717) is 0 Å². The van der Waals surface area contributed by atoms with Crippen molar-refractivity contribution in [1.29, 1.82) is 0 Å². The molecule has 1 aromatic heterocycles. The molecule has 1 aliphatic rings. The summed E-state index contributed by atoms with van der Waals surface area (Å²) in [7, 11) is 2.12. The first-order valence-corrected chi connectivity index (χ1v) is 6.63. The number of hydrogen-bond acceptors (Lipinski definition) is 1. The van der Waals surface area contributed by atoms with Crippen LogP contribution in [0.5, 0.6) is 0 Å². The Morgan fingerprint density at radius 2 is 2.31 bits per heavy atom. The molecule has 2 rings (SSSR count). The molecule has 1 fully saturated rings. The number of nitrogens with zero attached hydrogens (tertiary/aromatic N) is 1. The van der Waals surface area contributed by atoms with Gasteiger partial charge in [0.05, 0.1) is 0 Å². The Hall–Kier alpha value is -0.760. The largest absolute Gasteiger partial charge is 0.353 e. The summed E-state index contributed by atoms with van der Waals surface area (Å²) in [6.07, 6.45) is 9.05. The van der Waals surface area contributed by atoms with Gasteiger partial charge in [0.25, 0.3) is 0 Å². The first-order valence-electron chi connectivity index (χ1n) is 6.63. The monoisotopic (exact) mass is 220 g/mol. The lowest BCUT2D eigenvalue weighted by atomic mass is 9.84. The first kappa shape index (κ1) is 11.7. The van der Waals surface area contributed by atoms with E-state index in [9.17, 15) is 0 Å². The van der Waals surface area contributed by atoms with Crippen LogP contribution in [0.4, 0.5) is 0 Å². The van der Waals surface area contributed by atoms with Gasteiger partial charge in [0.2, 0.25) is 0 Å². The summed E-state index contributed by atoms with van der Waals surface area (Å²) in [4.78, 5) is 0. The predicted molar refractivity (Wildman–Crippen MR) is 68.3 cm³/mol. The topological polar surface area (TPSA) is 17.0 Å². The summed E-state index contributed by atoms with van der Waals surface area (Å²) in [5, 5.41) is 3.71. The Balaban J connectivity index is 1.79. The molecule has 0 saturated heterocycles. The Morgan fingerprint density at radius 1 is 1.44 bits per heavy atom. The first-order chi connectivity index (χ1) is 7.79. The molecule has 0 amide bonds. The predicted octanol–water partition coefficient (Wildman–Crippen LogP) is 3.08. The quantitative estimate of drug-likeness (QED) is 0.825. The molecule has 0 radical (unpaired) electrons. The van der Waals surface area contributed by atoms with Crippen molar-refractivity contribution in [1.82, 2.24) is 9.88 Å². The van der Waals surface area contributed by atoms with E-state index >= 15 is 0 Å². The normalized spacial score (nSPS) is 25.9. The lowest BCUT2D eigenvalue weighted by molar-refractivity contribution is 0.277. The molecule has 0 bridgehead atoms. The minimum absolute atomic E-state index is 0.744. The zero-order valence-electron chi connectivity index (χ0n) is 10.6. The zero-order valence-corrected chi connectivity index (χ0v) is 10.6. The highest BCUT2D eigenvalue weighted by Crippen LogP contribution is 2.26. The Labute approximate surface area is 99.0 Å². The maximum atomic E-state index is 3.71. The average molecular weight is 220 g/mol. The van der Waals surface area contributed by atoms with Gasteiger partial charge in [-0.15, -0.1) is 0 Å². The van der Waals surface area contributed by atoms with E-state index in [0.717, 1.165) is 18.5 Å². The van der Waals surface area contributed by atoms with Gasteiger partial charge in [-0.05, 0) is 30.9 Å². The van der Waals surface area contributed by atoms with Crippen LogP contribution < -0.4 is 5.32 Å². The van der Waals surface area contributed by atoms with Crippen LogP contribution in [0, 0.1) is 5.92 Å². The summed E-state index contributed by atoms with van der Waals surface area (Å²) in [6, 6.07) is 5.06. The van der Waals surface area contributed by atoms with Crippen molar-refractivity contribution >= 4 is 0 Å². The molecule has 1 N–H and O–H groups in total. The van der Waals surface area contributed by atoms with Gasteiger partial charge in [0.15, 0.2) is 0 Å². The Kier molecular flexibility index (Phi) is 4.05. The van der Waals surface area contributed by atoms with Crippen molar-refractivity contribution in [3.63, 3.8) is 0 Å². The minimum atomic E-state index is 0.744. The highest BCUT2D eigenvalue weighted by molar-refractivity contribution is 5.06. The highest BCUT2D eigenvalue weighted by atomic mass is 15.0. The second kappa shape index (κ2) is 5.53. The number of rotatable bonds is 4. The number of aryl methyl sites for hydroxylation is 1. The average Bonchev–Trinajstić information content (AvgIpc) is 2.72. The van der Waals surface area contributed by atoms with Crippen molar-refractivity contribution in [2.24, 2.45) is 13.0 Å². The summed E-state index contributed by atoms with van der Waals surface area (Å²) < 4.78 is 2.20. The third kappa shape index (κ3) is 2.88. The van der Waals surface area contributed by atoms with Gasteiger partial charge >= 0.3 is 0 Å². The van der Waals surface area contributed by atoms with Gasteiger partial charge in [-0.25, -0.2) is 0 Å². The molecule has 90 valence electrons. The maximum Gasteiger partial charge on any atom is 0.0361 e. The fourth-order valence-electron chi connectivity index (χ4n) is 2.78. The van der Waals surface area contributed by atoms with Crippen molar-refractivity contribution in [2.75, 3.05) is 0 Å². The summed E-state index contributed by atoms with van der Waals surface area (Å²) in [6.45, 7) is 3.34. The van der Waals surface area contributed by atoms with Crippen LogP contribution in [-0.4, -0.2) is 10.6 Å². The Morgan fingerprint density at radius 3 is 3.00 bits per heavy atom. The molecule has 2 nitrogen and oxygen atoms in total. The van der Waals surface area contributed by atoms with Crippen molar-refractivity contribution in [3.8, 4) is 0 Å². The molecule has 16 heavy (non-hydrogen) atoms. The van der Waals surface area contributed by atoms with Crippen molar-refractivity contribution in [3.05, 3.63) is 24.0 Å². The van der Waals surface area contributed by atoms with Crippen LogP contribution in [0.25, 0.3) is 0 Å². The molecule has 0 spiro atoms. The molecular formula is C14H24N2. The SMILES string of the molecule is CCC1CCCC(NCc2cccn2C)C1. The molecule has 1 aromatic rings. The second-order valence-corrected chi connectivity index (χ2v) is 5.13. The van der Waals surface area contributed by atoms with Crippen LogP contribution in [0.3, 0.4) is 0 Å². The lowest BCUT2D eigenvalue weighted by Crippen LogP contribution is -2.34. The van der Waals surface area contributed by atoms with Crippen LogP contribution in [0.2, 0.25) is 0 Å². The fraction of sp³-hybridized carbons (Fsp3) is 0.714. The highest BCUT2D eigenvalue weighted by Gasteiger charge is 2.20. The molecule has 1 heterocycles. The molecule has 0 aromatic carbocycles. The minimum Gasteiger partial charge on any atom is -0.353 e. The molecule has 2 heteroatoms. The maximum absolute atomic E-state index is 3.71. The Bertz CT molecular complexity index is 316. The van der Waals surface area contributed by atoms with E-state index in [1.165, 1.54) is 37.8 Å². The van der Waals surface area contributed by atoms with Gasteiger partial charge in [-0.3, -0.25) is 0 Å². The number of nitrogens with one attached hydrogen (secondary N) is 1. The van der Waals surface area contributed by atoms with Crippen molar-refractivity contribution in [2.45, 2.75) is 51.6 Å².